The number of aryl methyl sites for hydroxylation is 1. The first-order valence-corrected chi connectivity index (χ1v) is 10.1. The number of nitrogens with two attached hydrogens (primary N) is 2. The van der Waals surface area contributed by atoms with Crippen LogP contribution in [0.25, 0.3) is 16.6 Å². The normalized spacial score (nSPS) is 10.9. The van der Waals surface area contributed by atoms with Crippen molar-refractivity contribution in [2.24, 2.45) is 0 Å². The van der Waals surface area contributed by atoms with Crippen molar-refractivity contribution >= 4 is 46.0 Å². The van der Waals surface area contributed by atoms with Gasteiger partial charge in [0.25, 0.3) is 5.56 Å². The van der Waals surface area contributed by atoms with Gasteiger partial charge in [-0.3, -0.25) is 14.7 Å². The van der Waals surface area contributed by atoms with Crippen LogP contribution < -0.4 is 21.9 Å². The lowest BCUT2D eigenvalue weighted by atomic mass is 10.2. The largest absolute Gasteiger partial charge is 0.382 e. The fourth-order valence-electron chi connectivity index (χ4n) is 3.46. The Morgan fingerprint density at radius 2 is 2.00 bits per heavy atom. The molecule has 0 aliphatic carbocycles. The minimum atomic E-state index is -0.749. The van der Waals surface area contributed by atoms with E-state index in [1.807, 2.05) is 6.07 Å². The van der Waals surface area contributed by atoms with Gasteiger partial charge in [-0.2, -0.15) is 15.2 Å². The van der Waals surface area contributed by atoms with Crippen LogP contribution in [0.3, 0.4) is 0 Å². The summed E-state index contributed by atoms with van der Waals surface area (Å²) in [5.41, 5.74) is 12.3. The van der Waals surface area contributed by atoms with E-state index < -0.39 is 11.4 Å². The monoisotopic (exact) mass is 465 g/mol. The van der Waals surface area contributed by atoms with Crippen molar-refractivity contribution in [1.29, 1.82) is 5.26 Å². The van der Waals surface area contributed by atoms with E-state index in [4.69, 9.17) is 23.1 Å². The highest BCUT2D eigenvalue weighted by Gasteiger charge is 2.26. The van der Waals surface area contributed by atoms with Crippen LogP contribution in [0.15, 0.2) is 35.4 Å². The maximum absolute atomic E-state index is 14.2. The van der Waals surface area contributed by atoms with E-state index in [1.54, 1.807) is 26.1 Å². The van der Waals surface area contributed by atoms with Gasteiger partial charge in [-0.25, -0.2) is 13.9 Å². The van der Waals surface area contributed by atoms with Gasteiger partial charge in [0.1, 0.15) is 23.3 Å². The second-order valence-electron chi connectivity index (χ2n) is 6.99. The first-order valence-electron chi connectivity index (χ1n) is 9.70. The molecule has 1 aromatic carbocycles. The molecule has 0 saturated carbocycles. The molecule has 0 atom stereocenters. The fourth-order valence-corrected chi connectivity index (χ4v) is 3.70. The van der Waals surface area contributed by atoms with Gasteiger partial charge >= 0.3 is 0 Å². The molecule has 0 radical (unpaired) electrons. The van der Waals surface area contributed by atoms with Gasteiger partial charge in [0.15, 0.2) is 5.82 Å². The van der Waals surface area contributed by atoms with Gasteiger partial charge in [0.2, 0.25) is 11.9 Å². The summed E-state index contributed by atoms with van der Waals surface area (Å²) < 4.78 is 15.5. The molecule has 4 N–H and O–H groups in total. The van der Waals surface area contributed by atoms with Crippen molar-refractivity contribution in [2.75, 3.05) is 22.9 Å². The lowest BCUT2D eigenvalue weighted by Crippen LogP contribution is -2.31. The minimum absolute atomic E-state index is 0.0352. The van der Waals surface area contributed by atoms with E-state index in [2.05, 4.69) is 19.9 Å². The molecule has 3 heterocycles. The molecule has 0 saturated heterocycles. The van der Waals surface area contributed by atoms with E-state index in [9.17, 15) is 14.4 Å². The van der Waals surface area contributed by atoms with Gasteiger partial charge in [-0.15, -0.1) is 0 Å². The van der Waals surface area contributed by atoms with Crippen LogP contribution in [0.1, 0.15) is 18.1 Å². The van der Waals surface area contributed by atoms with E-state index in [0.717, 1.165) is 6.07 Å². The molecule has 0 fully saturated rings. The molecular formula is C21H17ClFN9O. The number of nitrogens with zero attached hydrogens (tertiary/aromatic N) is 7. The Hall–Kier alpha value is -4.30. The zero-order valence-corrected chi connectivity index (χ0v) is 18.3. The minimum Gasteiger partial charge on any atom is -0.382 e. The summed E-state index contributed by atoms with van der Waals surface area (Å²) in [7, 11) is 0. The number of hydrogen-bond donors (Lipinski definition) is 2. The number of fused-ring (bicyclic) bond motifs is 1. The smallest absolute Gasteiger partial charge is 0.269 e. The Kier molecular flexibility index (Phi) is 5.53. The summed E-state index contributed by atoms with van der Waals surface area (Å²) in [5.74, 6) is -0.864. The third-order valence-corrected chi connectivity index (χ3v) is 5.39. The van der Waals surface area contributed by atoms with Crippen LogP contribution in [0.2, 0.25) is 5.02 Å². The van der Waals surface area contributed by atoms with Crippen molar-refractivity contribution in [1.82, 2.24) is 24.5 Å². The molecule has 0 unspecified atom stereocenters. The van der Waals surface area contributed by atoms with Crippen molar-refractivity contribution in [3.05, 3.63) is 62.9 Å². The van der Waals surface area contributed by atoms with Gasteiger partial charge in [0.05, 0.1) is 27.8 Å². The number of anilines is 4. The van der Waals surface area contributed by atoms with E-state index >= 15 is 0 Å². The first-order chi connectivity index (χ1) is 15.8. The molecule has 10 nitrogen and oxygen atoms in total. The van der Waals surface area contributed by atoms with Crippen molar-refractivity contribution < 1.29 is 4.39 Å². The predicted octanol–water partition coefficient (Wildman–Crippen LogP) is 2.87. The molecule has 4 aromatic rings. The summed E-state index contributed by atoms with van der Waals surface area (Å²) in [5, 5.41) is 9.23. The molecule has 0 amide bonds. The Morgan fingerprint density at radius 1 is 1.24 bits per heavy atom. The molecule has 0 aliphatic rings. The van der Waals surface area contributed by atoms with E-state index in [1.165, 1.54) is 21.7 Å². The quantitative estimate of drug-likeness (QED) is 0.463. The summed E-state index contributed by atoms with van der Waals surface area (Å²) >= 11 is 6.15. The molecule has 0 aliphatic heterocycles. The highest BCUT2D eigenvalue weighted by atomic mass is 35.5. The van der Waals surface area contributed by atoms with E-state index in [0.29, 0.717) is 11.3 Å². The fraction of sp³-hybridized carbons (Fsp3) is 0.143. The average Bonchev–Trinajstić information content (AvgIpc) is 2.77. The average molecular weight is 466 g/mol. The van der Waals surface area contributed by atoms with Gasteiger partial charge in [-0.1, -0.05) is 11.6 Å². The molecule has 12 heteroatoms. The van der Waals surface area contributed by atoms with Crippen LogP contribution >= 0.6 is 11.6 Å². The summed E-state index contributed by atoms with van der Waals surface area (Å²) in [6, 6.07) is 6.15. The number of benzene rings is 1. The Labute approximate surface area is 191 Å². The molecule has 0 spiro atoms. The van der Waals surface area contributed by atoms with Crippen LogP contribution in [-0.4, -0.2) is 31.0 Å². The third kappa shape index (κ3) is 3.56. The first kappa shape index (κ1) is 21.9. The lowest BCUT2D eigenvalue weighted by Gasteiger charge is -2.26. The summed E-state index contributed by atoms with van der Waals surface area (Å²) in [6.45, 7) is 3.77. The standard InChI is InChI=1S/C21H17ClFN9O/c1-3-31(18-11(8-24)17(25)29-20(26)30-18)21-28-13-5-4-12(23)16(22)15(13)19(33)32(21)14-9-27-7-6-10(14)2/h4-7,9H,3H2,1-2H3,(H4,25,26,29,30). The Bertz CT molecular complexity index is 1510. The van der Waals surface area contributed by atoms with Crippen molar-refractivity contribution in [2.45, 2.75) is 13.8 Å². The Balaban J connectivity index is 2.17. The van der Waals surface area contributed by atoms with Gasteiger partial charge < -0.3 is 11.5 Å². The van der Waals surface area contributed by atoms with Crippen molar-refractivity contribution in [3.8, 4) is 11.8 Å². The number of hydrogen-bond acceptors (Lipinski definition) is 9. The third-order valence-electron chi connectivity index (χ3n) is 5.02. The number of aromatic nitrogens is 5. The molecule has 3 aromatic heterocycles. The molecule has 33 heavy (non-hydrogen) atoms. The highest BCUT2D eigenvalue weighted by Crippen LogP contribution is 2.32. The zero-order chi connectivity index (χ0) is 23.9. The SMILES string of the molecule is CCN(c1nc(N)nc(N)c1C#N)c1nc2ccc(F)c(Cl)c2c(=O)n1-c1cnccc1C. The summed E-state index contributed by atoms with van der Waals surface area (Å²) in [6.07, 6.45) is 3.05. The van der Waals surface area contributed by atoms with Crippen LogP contribution in [-0.2, 0) is 0 Å². The lowest BCUT2D eigenvalue weighted by molar-refractivity contribution is 0.629. The number of nitrogen functional groups attached to an aromatic ring is 2. The van der Waals surface area contributed by atoms with Crippen LogP contribution in [0.4, 0.5) is 27.9 Å². The van der Waals surface area contributed by atoms with Gasteiger partial charge in [0, 0.05) is 12.7 Å². The summed E-state index contributed by atoms with van der Waals surface area (Å²) in [4.78, 5) is 31.9. The van der Waals surface area contributed by atoms with Crippen molar-refractivity contribution in [3.63, 3.8) is 0 Å². The Morgan fingerprint density at radius 3 is 2.67 bits per heavy atom. The van der Waals surface area contributed by atoms with Gasteiger partial charge in [-0.05, 0) is 37.6 Å². The maximum atomic E-state index is 14.2. The molecule has 166 valence electrons. The second kappa shape index (κ2) is 8.33. The molecule has 4 rings (SSSR count). The topological polar surface area (TPSA) is 153 Å². The maximum Gasteiger partial charge on any atom is 0.269 e. The van der Waals surface area contributed by atoms with Crippen LogP contribution in [0, 0.1) is 24.1 Å². The molecule has 0 bridgehead atoms. The predicted molar refractivity (Wildman–Crippen MR) is 123 cm³/mol. The highest BCUT2D eigenvalue weighted by molar-refractivity contribution is 6.35. The number of rotatable bonds is 4. The van der Waals surface area contributed by atoms with E-state index in [-0.39, 0.29) is 51.6 Å². The second-order valence-corrected chi connectivity index (χ2v) is 7.37. The van der Waals surface area contributed by atoms with Crippen LogP contribution in [0.5, 0.6) is 0 Å². The zero-order valence-electron chi connectivity index (χ0n) is 17.5. The number of pyridine rings is 1. The number of halogens is 2. The molecular weight excluding hydrogens is 449 g/mol. The number of nitriles is 1.